The first-order valence-corrected chi connectivity index (χ1v) is 8.25. The number of carboxylic acids is 1. The Bertz CT molecular complexity index is 945. The molecule has 3 rings (SSSR count). The zero-order valence-corrected chi connectivity index (χ0v) is 15.2. The van der Waals surface area contributed by atoms with Gasteiger partial charge in [0, 0.05) is 12.3 Å². The lowest BCUT2D eigenvalue weighted by atomic mass is 10.0. The van der Waals surface area contributed by atoms with E-state index in [9.17, 15) is 27.9 Å². The number of hydrogen-bond acceptors (Lipinski definition) is 7. The molecule has 156 valence electrons. The van der Waals surface area contributed by atoms with E-state index in [0.717, 1.165) is 21.8 Å². The van der Waals surface area contributed by atoms with Crippen LogP contribution in [0.25, 0.3) is 5.69 Å². The lowest BCUT2D eigenvalue weighted by Gasteiger charge is -2.41. The van der Waals surface area contributed by atoms with Crippen molar-refractivity contribution in [2.75, 3.05) is 11.4 Å². The van der Waals surface area contributed by atoms with Crippen molar-refractivity contribution in [1.82, 2.24) is 20.0 Å². The number of aliphatic hydroxyl groups excluding tert-OH is 1. The number of hydrogen-bond donors (Lipinski definition) is 2. The van der Waals surface area contributed by atoms with E-state index in [0.29, 0.717) is 0 Å². The predicted octanol–water partition coefficient (Wildman–Crippen LogP) is 0.637. The molecule has 0 saturated carbocycles. The number of nitrogens with zero attached hydrogens (tertiary/aromatic N) is 5. The van der Waals surface area contributed by atoms with E-state index >= 15 is 0 Å². The number of halogens is 3. The highest BCUT2D eigenvalue weighted by molar-refractivity contribution is 5.99. The monoisotopic (exact) mass is 415 g/mol. The summed E-state index contributed by atoms with van der Waals surface area (Å²) in [5.74, 6) is -2.43. The number of anilines is 1. The molecule has 0 aliphatic carbocycles. The Morgan fingerprint density at radius 1 is 1.41 bits per heavy atom. The summed E-state index contributed by atoms with van der Waals surface area (Å²) in [6.45, 7) is 3.16. The third kappa shape index (κ3) is 4.19. The van der Waals surface area contributed by atoms with Crippen LogP contribution in [-0.4, -0.2) is 66.4 Å². The molecule has 1 amide bonds. The predicted molar refractivity (Wildman–Crippen MR) is 89.1 cm³/mol. The minimum absolute atomic E-state index is 0.0198. The molecule has 13 heteroatoms. The second-order valence-electron chi connectivity index (χ2n) is 6.92. The third-order valence-electron chi connectivity index (χ3n) is 4.08. The van der Waals surface area contributed by atoms with Crippen LogP contribution in [-0.2, 0) is 20.5 Å². The summed E-state index contributed by atoms with van der Waals surface area (Å²) < 4.78 is 45.0. The first kappa shape index (κ1) is 20.7. The van der Waals surface area contributed by atoms with Crippen molar-refractivity contribution >= 4 is 17.7 Å². The lowest BCUT2D eigenvalue weighted by Crippen LogP contribution is -2.61. The van der Waals surface area contributed by atoms with Gasteiger partial charge in [-0.05, 0) is 19.9 Å². The molecule has 2 aromatic heterocycles. The highest BCUT2D eigenvalue weighted by atomic mass is 19.4. The number of amides is 1. The van der Waals surface area contributed by atoms with E-state index in [1.165, 1.54) is 12.3 Å². The van der Waals surface area contributed by atoms with Gasteiger partial charge < -0.3 is 14.9 Å². The molecule has 0 aromatic carbocycles. The van der Waals surface area contributed by atoms with Gasteiger partial charge in [0.05, 0.1) is 24.0 Å². The second-order valence-corrected chi connectivity index (χ2v) is 6.92. The Labute approximate surface area is 161 Å². The van der Waals surface area contributed by atoms with Crippen molar-refractivity contribution in [2.45, 2.75) is 37.8 Å². The number of morpholine rings is 1. The number of carbonyl (C=O) groups is 2. The molecule has 2 N–H and O–H groups in total. The van der Waals surface area contributed by atoms with Gasteiger partial charge in [-0.1, -0.05) is 0 Å². The second kappa shape index (κ2) is 7.08. The van der Waals surface area contributed by atoms with Gasteiger partial charge in [-0.25, -0.2) is 9.48 Å². The minimum Gasteiger partial charge on any atom is -0.479 e. The van der Waals surface area contributed by atoms with Gasteiger partial charge in [-0.15, -0.1) is 10.2 Å². The SMILES string of the molecule is CC1(C)CN(c2ccn(-c3cnnc(C(F)(F)F)c3)n2)C(=O)[C@@H](C(O)C(=O)O)O1. The minimum atomic E-state index is -4.69. The average molecular weight is 415 g/mol. The first-order chi connectivity index (χ1) is 13.4. The number of carboxylic acid groups (broad SMARTS) is 1. The Hall–Kier alpha value is -3.06. The molecule has 1 unspecified atom stereocenters. The number of aliphatic hydroxyl groups is 1. The van der Waals surface area contributed by atoms with E-state index in [4.69, 9.17) is 9.84 Å². The molecule has 29 heavy (non-hydrogen) atoms. The van der Waals surface area contributed by atoms with Crippen LogP contribution in [0, 0.1) is 0 Å². The van der Waals surface area contributed by atoms with Gasteiger partial charge in [0.25, 0.3) is 5.91 Å². The molecule has 1 fully saturated rings. The maximum absolute atomic E-state index is 12.8. The maximum atomic E-state index is 12.8. The lowest BCUT2D eigenvalue weighted by molar-refractivity contribution is -0.178. The fourth-order valence-electron chi connectivity index (χ4n) is 2.79. The molecule has 0 spiro atoms. The Balaban J connectivity index is 1.93. The van der Waals surface area contributed by atoms with Crippen molar-refractivity contribution in [2.24, 2.45) is 0 Å². The Kier molecular flexibility index (Phi) is 5.04. The Morgan fingerprint density at radius 2 is 2.10 bits per heavy atom. The van der Waals surface area contributed by atoms with Crippen molar-refractivity contribution < 1.29 is 37.7 Å². The molecule has 0 bridgehead atoms. The summed E-state index contributed by atoms with van der Waals surface area (Å²) in [7, 11) is 0. The van der Waals surface area contributed by atoms with Crippen LogP contribution in [0.15, 0.2) is 24.5 Å². The summed E-state index contributed by atoms with van der Waals surface area (Å²) in [6.07, 6.45) is -6.08. The third-order valence-corrected chi connectivity index (χ3v) is 4.08. The molecule has 1 aliphatic heterocycles. The Morgan fingerprint density at radius 3 is 2.72 bits per heavy atom. The van der Waals surface area contributed by atoms with E-state index < -0.39 is 41.6 Å². The summed E-state index contributed by atoms with van der Waals surface area (Å²) in [4.78, 5) is 24.8. The van der Waals surface area contributed by atoms with Gasteiger partial charge in [0.15, 0.2) is 23.7 Å². The van der Waals surface area contributed by atoms with Crippen LogP contribution >= 0.6 is 0 Å². The summed E-state index contributed by atoms with van der Waals surface area (Å²) >= 11 is 0. The van der Waals surface area contributed by atoms with Gasteiger partial charge >= 0.3 is 12.1 Å². The standard InChI is InChI=1S/C16H16F3N5O5/c1-15(2)7-23(13(26)12(29-15)11(25)14(27)28)10-3-4-24(22-10)8-5-9(16(17,18)19)21-20-6-8/h3-6,11-12,25H,7H2,1-2H3,(H,27,28)/t11?,12-/m1/s1. The normalized spacial score (nSPS) is 20.6. The number of aliphatic carboxylic acids is 1. The molecular weight excluding hydrogens is 399 g/mol. The molecule has 1 aliphatic rings. The van der Waals surface area contributed by atoms with Crippen LogP contribution in [0.5, 0.6) is 0 Å². The quantitative estimate of drug-likeness (QED) is 0.744. The van der Waals surface area contributed by atoms with Gasteiger partial charge in [-0.3, -0.25) is 9.69 Å². The summed E-state index contributed by atoms with van der Waals surface area (Å²) in [5.41, 5.74) is -2.26. The van der Waals surface area contributed by atoms with Crippen LogP contribution in [0.3, 0.4) is 0 Å². The summed E-state index contributed by atoms with van der Waals surface area (Å²) in [5, 5.41) is 29.2. The fraction of sp³-hybridized carbons (Fsp3) is 0.438. The van der Waals surface area contributed by atoms with E-state index in [1.807, 2.05) is 0 Å². The molecule has 3 heterocycles. The van der Waals surface area contributed by atoms with Crippen molar-refractivity contribution in [3.05, 3.63) is 30.2 Å². The van der Waals surface area contributed by atoms with E-state index in [-0.39, 0.29) is 18.1 Å². The van der Waals surface area contributed by atoms with E-state index in [1.54, 1.807) is 13.8 Å². The number of carbonyl (C=O) groups excluding carboxylic acids is 1. The zero-order valence-electron chi connectivity index (χ0n) is 15.2. The molecule has 0 radical (unpaired) electrons. The van der Waals surface area contributed by atoms with E-state index in [2.05, 4.69) is 15.3 Å². The molecule has 1 saturated heterocycles. The molecule has 2 atom stereocenters. The van der Waals surface area contributed by atoms with Crippen molar-refractivity contribution in [3.8, 4) is 5.69 Å². The van der Waals surface area contributed by atoms with Crippen molar-refractivity contribution in [3.63, 3.8) is 0 Å². The highest BCUT2D eigenvalue weighted by Crippen LogP contribution is 2.30. The molecule has 10 nitrogen and oxygen atoms in total. The number of ether oxygens (including phenoxy) is 1. The van der Waals surface area contributed by atoms with Crippen LogP contribution in [0.4, 0.5) is 19.0 Å². The highest BCUT2D eigenvalue weighted by Gasteiger charge is 2.46. The van der Waals surface area contributed by atoms with Crippen LogP contribution in [0.1, 0.15) is 19.5 Å². The van der Waals surface area contributed by atoms with Crippen LogP contribution < -0.4 is 4.90 Å². The van der Waals surface area contributed by atoms with Gasteiger partial charge in [-0.2, -0.15) is 18.3 Å². The topological polar surface area (TPSA) is 131 Å². The average Bonchev–Trinajstić information content (AvgIpc) is 3.12. The number of alkyl halides is 3. The summed E-state index contributed by atoms with van der Waals surface area (Å²) in [6, 6.07) is 2.10. The number of rotatable bonds is 4. The van der Waals surface area contributed by atoms with Crippen molar-refractivity contribution in [1.29, 1.82) is 0 Å². The first-order valence-electron chi connectivity index (χ1n) is 8.25. The van der Waals surface area contributed by atoms with Crippen LogP contribution in [0.2, 0.25) is 0 Å². The number of aromatic nitrogens is 4. The zero-order chi connectivity index (χ0) is 21.6. The molecule has 2 aromatic rings. The largest absolute Gasteiger partial charge is 0.479 e. The maximum Gasteiger partial charge on any atom is 0.435 e. The fourth-order valence-corrected chi connectivity index (χ4v) is 2.79. The molecular formula is C16H16F3N5O5. The van der Waals surface area contributed by atoms with Gasteiger partial charge in [0.1, 0.15) is 0 Å². The van der Waals surface area contributed by atoms with Gasteiger partial charge in [0.2, 0.25) is 0 Å². The smallest absolute Gasteiger partial charge is 0.435 e.